The van der Waals surface area contributed by atoms with Crippen LogP contribution in [0.2, 0.25) is 0 Å². The van der Waals surface area contributed by atoms with E-state index in [1.807, 2.05) is 52.0 Å². The third kappa shape index (κ3) is 7.38. The van der Waals surface area contributed by atoms with Gasteiger partial charge in [-0.2, -0.15) is 0 Å². The maximum absolute atomic E-state index is 11.6. The van der Waals surface area contributed by atoms with E-state index in [2.05, 4.69) is 14.7 Å². The molecule has 2 unspecified atom stereocenters. The van der Waals surface area contributed by atoms with Gasteiger partial charge in [-0.05, 0) is 112 Å². The lowest BCUT2D eigenvalue weighted by Gasteiger charge is -2.07. The van der Waals surface area contributed by atoms with Crippen LogP contribution in [0.1, 0.15) is 98.1 Å². The Morgan fingerprint density at radius 3 is 1.79 bits per heavy atom. The highest BCUT2D eigenvalue weighted by Crippen LogP contribution is 2.37. The summed E-state index contributed by atoms with van der Waals surface area (Å²) in [5.74, 6) is -1.83. The number of hydrogen-bond acceptors (Lipinski definition) is 7. The van der Waals surface area contributed by atoms with Gasteiger partial charge in [-0.15, -0.1) is 0 Å². The molecule has 11 heteroatoms. The number of nitrogens with one attached hydrogen (secondary N) is 2. The number of aromatic amines is 2. The Morgan fingerprint density at radius 1 is 0.702 bits per heavy atom. The highest BCUT2D eigenvalue weighted by Gasteiger charge is 2.23. The number of carboxylic acid groups (broad SMARTS) is 2. The Labute approximate surface area is 273 Å². The Hall–Kier alpha value is -4.58. The summed E-state index contributed by atoms with van der Waals surface area (Å²) in [4.78, 5) is 39.8. The highest BCUT2D eigenvalue weighted by atomic mass is 16.4. The van der Waals surface area contributed by atoms with Gasteiger partial charge < -0.3 is 35.1 Å². The number of ether oxygens (including phenoxy) is 1. The molecule has 8 bridgehead atoms. The Bertz CT molecular complexity index is 1940. The number of allylic oxidation sites excluding steroid dienone is 3. The first kappa shape index (κ1) is 35.3. The Kier molecular flexibility index (Phi) is 10.9. The van der Waals surface area contributed by atoms with Crippen LogP contribution in [0.25, 0.3) is 44.4 Å². The second-order valence-electron chi connectivity index (χ2n) is 12.1. The number of aryl methyl sites for hydroxylation is 3. The molecule has 2 aliphatic heterocycles. The lowest BCUT2D eigenvalue weighted by Crippen LogP contribution is -2.02. The number of hydrogen-bond donors (Lipinski definition) is 6. The van der Waals surface area contributed by atoms with Gasteiger partial charge in [0.05, 0.1) is 35.0 Å². The zero-order chi connectivity index (χ0) is 34.7. The monoisotopic (exact) mass is 644 g/mol. The van der Waals surface area contributed by atoms with Crippen molar-refractivity contribution in [3.8, 4) is 0 Å². The van der Waals surface area contributed by atoms with Gasteiger partial charge in [0.25, 0.3) is 0 Å². The number of aromatic nitrogens is 4. The molecule has 0 saturated carbocycles. The van der Waals surface area contributed by atoms with Gasteiger partial charge in [-0.3, -0.25) is 9.59 Å². The van der Waals surface area contributed by atoms with Crippen molar-refractivity contribution in [2.24, 2.45) is 0 Å². The topological polar surface area (TPSA) is 182 Å². The maximum Gasteiger partial charge on any atom is 0.303 e. The maximum atomic E-state index is 11.6. The lowest BCUT2D eigenvalue weighted by molar-refractivity contribution is -0.137. The predicted molar refractivity (Wildman–Crippen MR) is 184 cm³/mol. The highest BCUT2D eigenvalue weighted by molar-refractivity contribution is 5.96. The van der Waals surface area contributed by atoms with E-state index >= 15 is 0 Å². The van der Waals surface area contributed by atoms with Crippen LogP contribution >= 0.6 is 0 Å². The first-order valence-corrected chi connectivity index (χ1v) is 15.5. The van der Waals surface area contributed by atoms with Crippen LogP contribution in [-0.2, 0) is 20.7 Å². The van der Waals surface area contributed by atoms with Gasteiger partial charge in [-0.25, -0.2) is 9.97 Å². The number of methoxy groups -OCH3 is 1. The molecular formula is C36H44N4O7. The van der Waals surface area contributed by atoms with E-state index in [4.69, 9.17) is 9.97 Å². The first-order chi connectivity index (χ1) is 22.2. The van der Waals surface area contributed by atoms with Crippen molar-refractivity contribution in [2.45, 2.75) is 79.4 Å². The summed E-state index contributed by atoms with van der Waals surface area (Å²) in [5, 5.41) is 40.5. The third-order valence-corrected chi connectivity index (χ3v) is 8.65. The Balaban J connectivity index is 0.00000160. The summed E-state index contributed by atoms with van der Waals surface area (Å²) in [6, 6.07) is 7.51. The Morgan fingerprint density at radius 2 is 1.19 bits per heavy atom. The lowest BCUT2D eigenvalue weighted by atomic mass is 9.99. The van der Waals surface area contributed by atoms with Crippen molar-refractivity contribution in [1.82, 2.24) is 19.9 Å². The number of aliphatic hydroxyl groups is 2. The van der Waals surface area contributed by atoms with E-state index in [0.29, 0.717) is 44.9 Å². The molecule has 5 heterocycles. The summed E-state index contributed by atoms with van der Waals surface area (Å²) in [6.07, 6.45) is -1.16. The number of nitrogens with zero attached hydrogens (tertiary/aromatic N) is 2. The largest absolute Gasteiger partial charge is 0.481 e. The number of carboxylic acids is 2. The number of fused-ring (bicyclic) bond motifs is 8. The fourth-order valence-electron chi connectivity index (χ4n) is 6.31. The van der Waals surface area contributed by atoms with Crippen LogP contribution < -0.4 is 0 Å². The summed E-state index contributed by atoms with van der Waals surface area (Å²) >= 11 is 0. The van der Waals surface area contributed by atoms with Gasteiger partial charge >= 0.3 is 11.9 Å². The van der Waals surface area contributed by atoms with E-state index < -0.39 is 24.1 Å². The number of rotatable bonds is 8. The molecule has 5 rings (SSSR count). The molecule has 0 amide bonds. The molecule has 11 nitrogen and oxygen atoms in total. The first-order valence-electron chi connectivity index (χ1n) is 15.5. The number of aliphatic carboxylic acids is 2. The summed E-state index contributed by atoms with van der Waals surface area (Å²) in [6.45, 7) is 11.1. The molecule has 0 saturated heterocycles. The standard InChI is InChI=1S/C34H38N4O6.C2H6O/c1-15-21(7-9-31(41)42)27-14-28-22(8-10-32(43)44)16(2)24(36-28)12-29-34(20(6)40)18(4)26(38-29)13-30-33(19(5)39)17(3)25(37-30)11-23(15)35-27;1-3-2/h11-14,19-20,35,38-40H,7-10H2,1-6H3,(H,41,42)(H,43,44);1-2H3. The average molecular weight is 645 g/mol. The van der Waals surface area contributed by atoms with Crippen molar-refractivity contribution in [2.75, 3.05) is 14.2 Å². The van der Waals surface area contributed by atoms with Crippen LogP contribution in [0, 0.1) is 13.8 Å². The van der Waals surface area contributed by atoms with Crippen molar-refractivity contribution >= 4 is 56.3 Å². The molecule has 0 aliphatic carbocycles. The molecule has 3 aromatic rings. The SMILES string of the molecule is CC1=C(CCC(=O)O)c2cc3[nH]c(cc4nc(cc5[nH]c(cc1n2)c(C(C)O)c5C)C(C(C)O)=C4C)c(C)c3CCC(=O)O.COC. The van der Waals surface area contributed by atoms with Crippen molar-refractivity contribution in [3.63, 3.8) is 0 Å². The summed E-state index contributed by atoms with van der Waals surface area (Å²) in [7, 11) is 3.25. The predicted octanol–water partition coefficient (Wildman–Crippen LogP) is 6.37. The van der Waals surface area contributed by atoms with Crippen LogP contribution in [0.3, 0.4) is 0 Å². The van der Waals surface area contributed by atoms with Crippen LogP contribution in [-0.4, -0.2) is 72.6 Å². The molecular weight excluding hydrogens is 600 g/mol. The molecule has 47 heavy (non-hydrogen) atoms. The normalized spacial score (nSPS) is 14.2. The van der Waals surface area contributed by atoms with Crippen LogP contribution in [0.5, 0.6) is 0 Å². The summed E-state index contributed by atoms with van der Waals surface area (Å²) in [5.41, 5.74) is 11.7. The minimum Gasteiger partial charge on any atom is -0.481 e. The second kappa shape index (κ2) is 14.5. The molecule has 6 N–H and O–H groups in total. The molecule has 2 aliphatic rings. The smallest absolute Gasteiger partial charge is 0.303 e. The van der Waals surface area contributed by atoms with E-state index in [0.717, 1.165) is 44.4 Å². The van der Waals surface area contributed by atoms with E-state index in [1.54, 1.807) is 28.1 Å². The van der Waals surface area contributed by atoms with Gasteiger partial charge in [-0.1, -0.05) is 0 Å². The fraction of sp³-hybridized carbons (Fsp3) is 0.389. The zero-order valence-corrected chi connectivity index (χ0v) is 28.2. The molecule has 0 radical (unpaired) electrons. The molecule has 0 spiro atoms. The van der Waals surface area contributed by atoms with Gasteiger partial charge in [0.15, 0.2) is 0 Å². The number of H-pyrrole nitrogens is 2. The van der Waals surface area contributed by atoms with E-state index in [9.17, 15) is 30.0 Å². The van der Waals surface area contributed by atoms with E-state index in [1.165, 1.54) is 0 Å². The van der Waals surface area contributed by atoms with Gasteiger partial charge in [0.2, 0.25) is 0 Å². The van der Waals surface area contributed by atoms with Gasteiger partial charge in [0.1, 0.15) is 0 Å². The minimum absolute atomic E-state index is 0.0628. The minimum atomic E-state index is -0.917. The molecule has 0 aromatic carbocycles. The van der Waals surface area contributed by atoms with Crippen LogP contribution in [0.4, 0.5) is 0 Å². The second-order valence-corrected chi connectivity index (χ2v) is 12.1. The molecule has 250 valence electrons. The number of carbonyl (C=O) groups is 2. The van der Waals surface area contributed by atoms with Crippen LogP contribution in [0.15, 0.2) is 24.3 Å². The van der Waals surface area contributed by atoms with Crippen molar-refractivity contribution in [3.05, 3.63) is 69.3 Å². The fourth-order valence-corrected chi connectivity index (χ4v) is 6.31. The molecule has 2 atom stereocenters. The van der Waals surface area contributed by atoms with Crippen molar-refractivity contribution < 1.29 is 34.8 Å². The molecule has 0 fully saturated rings. The quantitative estimate of drug-likeness (QED) is 0.162. The summed E-state index contributed by atoms with van der Waals surface area (Å²) < 4.78 is 4.25. The number of aliphatic hydroxyl groups excluding tert-OH is 2. The zero-order valence-electron chi connectivity index (χ0n) is 28.2. The average Bonchev–Trinajstić information content (AvgIpc) is 3.64. The third-order valence-electron chi connectivity index (χ3n) is 8.65. The van der Waals surface area contributed by atoms with Crippen molar-refractivity contribution in [1.29, 1.82) is 0 Å². The molecule has 3 aromatic heterocycles. The van der Waals surface area contributed by atoms with Gasteiger partial charge in [0, 0.05) is 60.3 Å². The van der Waals surface area contributed by atoms with E-state index in [-0.39, 0.29) is 25.7 Å².